The quantitative estimate of drug-likeness (QED) is 0.0146. The zero-order chi connectivity index (χ0) is 109. The highest BCUT2D eigenvalue weighted by molar-refractivity contribution is 9.10. The van der Waals surface area contributed by atoms with Crippen LogP contribution >= 0.6 is 27.5 Å². The molecule has 16 aromatic carbocycles. The first-order chi connectivity index (χ1) is 71.2. The number of ketones is 1. The molecule has 0 spiro atoms. The number of hydrogen-bond donors (Lipinski definition) is 15. The van der Waals surface area contributed by atoms with E-state index in [-0.39, 0.29) is 67.1 Å². The van der Waals surface area contributed by atoms with Crippen LogP contribution in [-0.4, -0.2) is 84.2 Å². The molecular weight excluding hydrogens is 1930 g/mol. The van der Waals surface area contributed by atoms with Crippen LogP contribution in [0.5, 0.6) is 5.75 Å². The number of aryl methyl sites for hydroxylation is 3. The maximum atomic E-state index is 10.6. The third kappa shape index (κ3) is 53.7. The monoisotopic (exact) mass is 2090 g/mol. The molecule has 0 aliphatic heterocycles. The van der Waals surface area contributed by atoms with Crippen molar-refractivity contribution >= 4 is 50.2 Å². The summed E-state index contributed by atoms with van der Waals surface area (Å²) in [5, 5.41) is 132. The number of carbonyl (C=O) groups excluding carboxylic acids is 1. The Morgan fingerprint density at radius 3 is 1.00 bits per heavy atom. The van der Waals surface area contributed by atoms with E-state index < -0.39 is 24.4 Å². The molecule has 11 atom stereocenters. The zero-order valence-electron chi connectivity index (χ0n) is 87.1. The molecule has 0 saturated heterocycles. The normalized spacial score (nSPS) is 13.1. The number of carbonyl (C=O) groups is 1. The highest BCUT2D eigenvalue weighted by Crippen LogP contribution is 2.30. The highest BCUT2D eigenvalue weighted by Gasteiger charge is 2.17. The summed E-state index contributed by atoms with van der Waals surface area (Å²) in [6.45, 7) is 22.1. The molecule has 0 heterocycles. The largest absolute Gasteiger partial charge is 0.508 e. The summed E-state index contributed by atoms with van der Waals surface area (Å²) in [6, 6.07) is 137. The Kier molecular flexibility index (Phi) is 65.3. The smallest absolute Gasteiger partial charge is 0.159 e. The Balaban J connectivity index is 0.000000334. The molecule has 0 aromatic heterocycles. The van der Waals surface area contributed by atoms with Gasteiger partial charge in [0.2, 0.25) is 0 Å². The lowest BCUT2D eigenvalue weighted by Gasteiger charge is -2.20. The second-order valence-corrected chi connectivity index (χ2v) is 36.0. The van der Waals surface area contributed by atoms with E-state index in [2.05, 4.69) is 44.8 Å². The third-order valence-corrected chi connectivity index (χ3v) is 23.5. The molecule has 1 aliphatic carbocycles. The Bertz CT molecular complexity index is 5790. The lowest BCUT2D eigenvalue weighted by atomic mass is 9.90. The predicted molar refractivity (Wildman–Crippen MR) is 611 cm³/mol. The number of aromatic hydroxyl groups is 1. The fourth-order valence-electron chi connectivity index (χ4n) is 13.7. The van der Waals surface area contributed by atoms with Gasteiger partial charge < -0.3 is 72.1 Å². The zero-order valence-corrected chi connectivity index (χ0v) is 89.5. The topological polar surface area (TPSA) is 336 Å². The molecule has 1 aliphatic rings. The molecule has 0 bridgehead atoms. The maximum absolute atomic E-state index is 10.6. The number of benzene rings is 16. The average Bonchev–Trinajstić information content (AvgIpc) is 0.835. The Morgan fingerprint density at radius 1 is 0.365 bits per heavy atom. The summed E-state index contributed by atoms with van der Waals surface area (Å²) < 4.78 is 1.04. The van der Waals surface area contributed by atoms with Gasteiger partial charge in [-0.2, -0.15) is 0 Å². The van der Waals surface area contributed by atoms with Gasteiger partial charge in [0.25, 0.3) is 0 Å². The SMILES string of the molecule is CC(=O)c1ccccc1.CC(O)c1ccc(Br)cc1.CC(O)c1ccc(Cl)cc1.CC(O)c1ccc2ccccc2c1.CC(O)c1ccccc1.CC(O)c1ccccc1.CCC(O)c1ccc(C)cc1.CCC(O)c1ccc(C)cc1.CCC(O)c1ccc(O)cc1.CCC(O)c1ccccc1.NCOO.OC(/C=C/c1ccccc1)c1ccccc1.OC(c1ccccc1)c1ccccc1.OC1CCCc2ccccc21. The van der Waals surface area contributed by atoms with E-state index in [0.717, 1.165) is 126 Å². The molecule has 0 fully saturated rings. The van der Waals surface area contributed by atoms with Crippen molar-refractivity contribution in [1.82, 2.24) is 0 Å². The van der Waals surface area contributed by atoms with Gasteiger partial charge >= 0.3 is 0 Å². The second kappa shape index (κ2) is 75.8. The van der Waals surface area contributed by atoms with Crippen molar-refractivity contribution in [2.24, 2.45) is 5.73 Å². The second-order valence-electron chi connectivity index (χ2n) is 34.6. The van der Waals surface area contributed by atoms with Gasteiger partial charge in [-0.05, 0) is 237 Å². The van der Waals surface area contributed by atoms with Crippen molar-refractivity contribution in [3.63, 3.8) is 0 Å². The van der Waals surface area contributed by atoms with Crippen molar-refractivity contribution in [2.45, 2.75) is 201 Å². The number of fused-ring (bicyclic) bond motifs is 2. The number of nitrogens with two attached hydrogens (primary N) is 1. The van der Waals surface area contributed by atoms with E-state index in [1.54, 1.807) is 84.0 Å². The standard InChI is InChI=1S/C15H14O.C13H12O.C12H12O.C10H12O.2C10H14O.C9H12O2.C9H12O.C8H9BrO.C8H9ClO.2C8H10O.C8H8O.CH5NO2/c16-15(14-9-5-2-6-10-14)12-11-13-7-3-1-4-8-13;14-13(11-7-3-1-4-8-11)12-9-5-2-6-10-12;1-9(13)11-7-6-10-4-2-3-5-12(10)8-11;11-10-7-3-5-8-4-1-2-6-9(8)10;2*1-3-10(11)9-6-4-8(2)5-7-9;1-2-9(11)7-3-5-8(10)6-4-7;1-2-9(10)8-6-4-3-5-7-8;2*1-6(10)7-2-4-8(9)5-3-7;3*1-7(9)8-5-3-2-4-6-8;2-1-4-3/h1-12,15-16H;1-10,13-14H;2-9,13H,1H3;1-2,4,6,10-11H,3,5,7H2;2*4-7,10-11H,3H2,1-2H3;3-6,9-11H,2H2,1H3;3-7,9-10H,2H2,1H3;2*2-6,10H,1H3;2*2-7,9H,1H3;2-6H,1H3;3H,1-2H2/b12-11+;;;;;;;;;;;;;. The Labute approximate surface area is 891 Å². The van der Waals surface area contributed by atoms with E-state index in [1.165, 1.54) is 27.5 Å². The van der Waals surface area contributed by atoms with Crippen LogP contribution in [0.15, 0.2) is 441 Å². The van der Waals surface area contributed by atoms with E-state index in [9.17, 15) is 45.6 Å². The summed E-state index contributed by atoms with van der Waals surface area (Å²) >= 11 is 8.95. The fraction of sp³-hybridized carbons (Fsp3) is 0.248. The maximum Gasteiger partial charge on any atom is 0.159 e. The summed E-state index contributed by atoms with van der Waals surface area (Å²) in [7, 11) is 0. The Hall–Kier alpha value is -12.8. The van der Waals surface area contributed by atoms with Crippen LogP contribution in [0.2, 0.25) is 5.02 Å². The lowest BCUT2D eigenvalue weighted by molar-refractivity contribution is -0.240. The number of Topliss-reactive ketones (excluding diaryl/α,β-unsaturated/α-hetero) is 1. The van der Waals surface area contributed by atoms with Gasteiger partial charge in [0.1, 0.15) is 18.6 Å². The molecule has 148 heavy (non-hydrogen) atoms. The molecule has 0 amide bonds. The summed E-state index contributed by atoms with van der Waals surface area (Å²) in [6.07, 6.45) is 5.56. The van der Waals surface area contributed by atoms with Crippen LogP contribution in [0.3, 0.4) is 0 Å². The summed E-state index contributed by atoms with van der Waals surface area (Å²) in [5.41, 5.74) is 22.8. The van der Waals surface area contributed by atoms with E-state index in [4.69, 9.17) is 42.4 Å². The summed E-state index contributed by atoms with van der Waals surface area (Å²) in [5.74, 6) is 0.354. The third-order valence-electron chi connectivity index (χ3n) is 22.7. The van der Waals surface area contributed by atoms with Crippen molar-refractivity contribution in [1.29, 1.82) is 0 Å². The fourth-order valence-corrected chi connectivity index (χ4v) is 14.1. The number of aliphatic hydroxyl groups excluding tert-OH is 12. The molecule has 17 rings (SSSR count). The van der Waals surface area contributed by atoms with Gasteiger partial charge in [-0.3, -0.25) is 10.1 Å². The molecule has 17 nitrogen and oxygen atoms in total. The van der Waals surface area contributed by atoms with Gasteiger partial charge in [0.05, 0.1) is 67.1 Å². The number of rotatable bonds is 20. The van der Waals surface area contributed by atoms with Gasteiger partial charge in [-0.1, -0.05) is 467 Å². The molecule has 16 N–H and O–H groups in total. The van der Waals surface area contributed by atoms with E-state index >= 15 is 0 Å². The number of phenols is 1. The number of hydrogen-bond acceptors (Lipinski definition) is 17. The van der Waals surface area contributed by atoms with Crippen molar-refractivity contribution in [3.8, 4) is 5.75 Å². The van der Waals surface area contributed by atoms with Crippen LogP contribution in [-0.2, 0) is 11.3 Å². The van der Waals surface area contributed by atoms with E-state index in [1.807, 2.05) is 424 Å². The molecule has 784 valence electrons. The lowest BCUT2D eigenvalue weighted by Crippen LogP contribution is -2.08. The number of halogens is 2. The van der Waals surface area contributed by atoms with Gasteiger partial charge in [0.15, 0.2) is 5.78 Å². The van der Waals surface area contributed by atoms with Crippen molar-refractivity contribution < 1.29 is 81.3 Å². The van der Waals surface area contributed by atoms with Crippen LogP contribution in [0, 0.1) is 13.8 Å². The minimum atomic E-state index is -0.540. The van der Waals surface area contributed by atoms with Gasteiger partial charge in [-0.15, -0.1) is 0 Å². The highest BCUT2D eigenvalue weighted by atomic mass is 79.9. The Morgan fingerprint density at radius 2 is 0.655 bits per heavy atom. The van der Waals surface area contributed by atoms with Crippen LogP contribution in [0.4, 0.5) is 0 Å². The predicted octanol–water partition coefficient (Wildman–Crippen LogP) is 29.7. The van der Waals surface area contributed by atoms with Crippen LogP contribution < -0.4 is 5.73 Å². The molecule has 0 radical (unpaired) electrons. The molecular formula is C129H153BrClNO16. The number of aliphatic hydroxyl groups is 12. The molecule has 19 heteroatoms. The first-order valence-corrected chi connectivity index (χ1v) is 51.1. The summed E-state index contributed by atoms with van der Waals surface area (Å²) in [4.78, 5) is 14.0. The number of phenolic OH excluding ortho intramolecular Hbond substituents is 1. The first kappa shape index (κ1) is 127. The minimum absolute atomic E-state index is 0.121. The molecule has 11 unspecified atom stereocenters. The van der Waals surface area contributed by atoms with Gasteiger partial charge in [-0.25, -0.2) is 4.89 Å². The van der Waals surface area contributed by atoms with Crippen molar-refractivity contribution in [2.75, 3.05) is 6.73 Å². The van der Waals surface area contributed by atoms with Crippen molar-refractivity contribution in [3.05, 3.63) is 546 Å². The van der Waals surface area contributed by atoms with Crippen LogP contribution in [0.1, 0.15) is 286 Å². The average molecular weight is 2090 g/mol. The van der Waals surface area contributed by atoms with E-state index in [0.29, 0.717) is 11.4 Å². The van der Waals surface area contributed by atoms with Crippen LogP contribution in [0.25, 0.3) is 16.8 Å². The minimum Gasteiger partial charge on any atom is -0.508 e. The van der Waals surface area contributed by atoms with Gasteiger partial charge in [0, 0.05) is 15.1 Å². The molecule has 0 saturated carbocycles. The molecule has 16 aromatic rings. The first-order valence-electron chi connectivity index (χ1n) is 49.9.